The van der Waals surface area contributed by atoms with Crippen molar-refractivity contribution >= 4 is 5.97 Å². The minimum atomic E-state index is -0.931. The van der Waals surface area contributed by atoms with Crippen LogP contribution in [0.25, 0.3) is 0 Å². The Morgan fingerprint density at radius 1 is 0.727 bits per heavy atom. The van der Waals surface area contributed by atoms with Crippen molar-refractivity contribution in [2.75, 3.05) is 0 Å². The molecule has 0 bridgehead atoms. The van der Waals surface area contributed by atoms with Gasteiger partial charge in [0.05, 0.1) is 0 Å². The molecular weight excluding hydrogens is 272 g/mol. The van der Waals surface area contributed by atoms with E-state index in [2.05, 4.69) is 19.1 Å². The average molecular weight is 302 g/mol. The quantitative estimate of drug-likeness (QED) is 0.258. The molecule has 0 heterocycles. The third-order valence-electron chi connectivity index (χ3n) is 3.13. The van der Waals surface area contributed by atoms with Gasteiger partial charge in [-0.2, -0.15) is 0 Å². The first kappa shape index (κ1) is 20.2. The molecule has 0 aliphatic heterocycles. The molecule has 0 saturated heterocycles. The van der Waals surface area contributed by atoms with Gasteiger partial charge in [0.2, 0.25) is 0 Å². The van der Waals surface area contributed by atoms with Crippen molar-refractivity contribution in [1.29, 1.82) is 0 Å². The molecule has 2 nitrogen and oxygen atoms in total. The Hall–Kier alpha value is -1.83. The Balaban J connectivity index is 3.50. The summed E-state index contributed by atoms with van der Waals surface area (Å²) < 4.78 is 0. The fraction of sp³-hybridized carbons (Fsp3) is 0.450. The Morgan fingerprint density at radius 2 is 1.23 bits per heavy atom. The Morgan fingerprint density at radius 3 is 1.82 bits per heavy atom. The van der Waals surface area contributed by atoms with Crippen LogP contribution in [-0.2, 0) is 4.79 Å². The largest absolute Gasteiger partial charge is 0.478 e. The predicted molar refractivity (Wildman–Crippen MR) is 95.9 cm³/mol. The summed E-state index contributed by atoms with van der Waals surface area (Å²) >= 11 is 0. The number of hydrogen-bond donors (Lipinski definition) is 1. The molecule has 0 unspecified atom stereocenters. The summed E-state index contributed by atoms with van der Waals surface area (Å²) in [7, 11) is 0. The maximum atomic E-state index is 10.2. The van der Waals surface area contributed by atoms with Crippen molar-refractivity contribution < 1.29 is 9.90 Å². The third-order valence-corrected chi connectivity index (χ3v) is 3.13. The van der Waals surface area contributed by atoms with Crippen LogP contribution < -0.4 is 0 Å². The fourth-order valence-corrected chi connectivity index (χ4v) is 1.92. The summed E-state index contributed by atoms with van der Waals surface area (Å²) in [5.74, 6) is -0.931. The van der Waals surface area contributed by atoms with Crippen LogP contribution >= 0.6 is 0 Å². The average Bonchev–Trinajstić information content (AvgIpc) is 2.50. The highest BCUT2D eigenvalue weighted by Gasteiger charge is 1.88. The zero-order valence-corrected chi connectivity index (χ0v) is 13.8. The van der Waals surface area contributed by atoms with E-state index in [1.807, 2.05) is 24.3 Å². The van der Waals surface area contributed by atoms with Crippen LogP contribution in [0.3, 0.4) is 0 Å². The van der Waals surface area contributed by atoms with Gasteiger partial charge in [0.25, 0.3) is 0 Å². The van der Waals surface area contributed by atoms with E-state index in [1.165, 1.54) is 51.0 Å². The monoisotopic (exact) mass is 302 g/mol. The molecule has 0 saturated carbocycles. The lowest BCUT2D eigenvalue weighted by atomic mass is 10.1. The molecule has 0 aliphatic carbocycles. The standard InChI is InChI=1S/C20H30O2/c1-2-3-4-5-6-7-8-9-10-11-12-13-14-15-16-17-18-19-20(21)22/h10-19H,2-9H2,1H3,(H,21,22)/b11-10-,13-12-,15-14+,17-16-,19-18+. The summed E-state index contributed by atoms with van der Waals surface area (Å²) in [6.45, 7) is 2.25. The third kappa shape index (κ3) is 18.2. The number of aliphatic carboxylic acids is 1. The molecule has 0 amide bonds. The van der Waals surface area contributed by atoms with Gasteiger partial charge in [-0.05, 0) is 12.8 Å². The van der Waals surface area contributed by atoms with Crippen LogP contribution in [0.5, 0.6) is 0 Å². The second-order valence-corrected chi connectivity index (χ2v) is 5.19. The summed E-state index contributed by atoms with van der Waals surface area (Å²) in [5, 5.41) is 8.38. The van der Waals surface area contributed by atoms with E-state index < -0.39 is 5.97 Å². The van der Waals surface area contributed by atoms with E-state index in [0.717, 1.165) is 12.5 Å². The smallest absolute Gasteiger partial charge is 0.328 e. The molecule has 0 rings (SSSR count). The van der Waals surface area contributed by atoms with Crippen molar-refractivity contribution in [1.82, 2.24) is 0 Å². The molecule has 0 aromatic rings. The van der Waals surface area contributed by atoms with Crippen molar-refractivity contribution in [3.05, 3.63) is 60.8 Å². The van der Waals surface area contributed by atoms with Gasteiger partial charge in [-0.25, -0.2) is 4.79 Å². The predicted octanol–water partition coefficient (Wildman–Crippen LogP) is 5.99. The van der Waals surface area contributed by atoms with E-state index in [0.29, 0.717) is 0 Å². The lowest BCUT2D eigenvalue weighted by molar-refractivity contribution is -0.131. The topological polar surface area (TPSA) is 37.3 Å². The Labute approximate surface area is 135 Å². The van der Waals surface area contributed by atoms with Crippen molar-refractivity contribution in [3.63, 3.8) is 0 Å². The molecule has 0 fully saturated rings. The molecule has 122 valence electrons. The molecule has 0 aromatic heterocycles. The van der Waals surface area contributed by atoms with Crippen LogP contribution in [0.4, 0.5) is 0 Å². The van der Waals surface area contributed by atoms with Crippen LogP contribution in [0.2, 0.25) is 0 Å². The van der Waals surface area contributed by atoms with Gasteiger partial charge in [0.15, 0.2) is 0 Å². The first-order valence-corrected chi connectivity index (χ1v) is 8.33. The molecule has 0 aromatic carbocycles. The van der Waals surface area contributed by atoms with E-state index in [4.69, 9.17) is 5.11 Å². The highest BCUT2D eigenvalue weighted by Crippen LogP contribution is 2.08. The zero-order chi connectivity index (χ0) is 16.3. The van der Waals surface area contributed by atoms with Gasteiger partial charge < -0.3 is 5.11 Å². The summed E-state index contributed by atoms with van der Waals surface area (Å²) in [5.41, 5.74) is 0. The molecule has 2 heteroatoms. The molecule has 0 radical (unpaired) electrons. The second kappa shape index (κ2) is 17.2. The Kier molecular flexibility index (Phi) is 15.8. The number of carboxylic acid groups (broad SMARTS) is 1. The van der Waals surface area contributed by atoms with Crippen molar-refractivity contribution in [2.45, 2.75) is 58.3 Å². The number of carboxylic acids is 1. The molecule has 1 N–H and O–H groups in total. The van der Waals surface area contributed by atoms with Crippen LogP contribution in [0.15, 0.2) is 60.8 Å². The first-order valence-electron chi connectivity index (χ1n) is 8.33. The molecule has 0 spiro atoms. The normalized spacial score (nSPS) is 12.8. The Bertz CT molecular complexity index is 398. The van der Waals surface area contributed by atoms with Gasteiger partial charge >= 0.3 is 5.97 Å². The molecule has 0 aliphatic rings. The maximum Gasteiger partial charge on any atom is 0.328 e. The number of unbranched alkanes of at least 4 members (excludes halogenated alkanes) is 7. The summed E-state index contributed by atoms with van der Waals surface area (Å²) in [4.78, 5) is 10.2. The second-order valence-electron chi connectivity index (χ2n) is 5.19. The van der Waals surface area contributed by atoms with Gasteiger partial charge in [-0.3, -0.25) is 0 Å². The first-order chi connectivity index (χ1) is 10.8. The van der Waals surface area contributed by atoms with E-state index in [-0.39, 0.29) is 0 Å². The SMILES string of the molecule is CCCCCCCCC\C=C/C=C\C=C\C=C/C=C/C(=O)O. The van der Waals surface area contributed by atoms with E-state index in [9.17, 15) is 4.79 Å². The lowest BCUT2D eigenvalue weighted by Gasteiger charge is -1.98. The van der Waals surface area contributed by atoms with E-state index >= 15 is 0 Å². The van der Waals surface area contributed by atoms with Gasteiger partial charge in [0.1, 0.15) is 0 Å². The molecular formula is C20H30O2. The number of allylic oxidation sites excluding steroid dienone is 9. The van der Waals surface area contributed by atoms with Crippen LogP contribution in [0.1, 0.15) is 58.3 Å². The van der Waals surface area contributed by atoms with E-state index in [1.54, 1.807) is 12.2 Å². The van der Waals surface area contributed by atoms with Crippen LogP contribution in [-0.4, -0.2) is 11.1 Å². The van der Waals surface area contributed by atoms with Gasteiger partial charge in [-0.1, -0.05) is 100 Å². The summed E-state index contributed by atoms with van der Waals surface area (Å²) in [6.07, 6.45) is 28.8. The minimum Gasteiger partial charge on any atom is -0.478 e. The number of carbonyl (C=O) groups is 1. The lowest BCUT2D eigenvalue weighted by Crippen LogP contribution is -1.84. The summed E-state index contributed by atoms with van der Waals surface area (Å²) in [6, 6.07) is 0. The van der Waals surface area contributed by atoms with Crippen molar-refractivity contribution in [2.24, 2.45) is 0 Å². The molecule has 0 atom stereocenters. The molecule has 22 heavy (non-hydrogen) atoms. The van der Waals surface area contributed by atoms with Gasteiger partial charge in [0, 0.05) is 6.08 Å². The highest BCUT2D eigenvalue weighted by atomic mass is 16.4. The maximum absolute atomic E-state index is 10.2. The number of rotatable bonds is 13. The van der Waals surface area contributed by atoms with Gasteiger partial charge in [-0.15, -0.1) is 0 Å². The van der Waals surface area contributed by atoms with Crippen LogP contribution in [0, 0.1) is 0 Å². The van der Waals surface area contributed by atoms with Crippen molar-refractivity contribution in [3.8, 4) is 0 Å². The fourth-order valence-electron chi connectivity index (χ4n) is 1.92. The minimum absolute atomic E-state index is 0.931. The number of hydrogen-bond acceptors (Lipinski definition) is 1. The highest BCUT2D eigenvalue weighted by molar-refractivity contribution is 5.80. The zero-order valence-electron chi connectivity index (χ0n) is 13.8.